The molecule has 1 aromatic heterocycles. The van der Waals surface area contributed by atoms with Gasteiger partial charge >= 0.3 is 0 Å². The molecule has 1 heterocycles. The average Bonchev–Trinajstić information content (AvgIpc) is 3.54. The van der Waals surface area contributed by atoms with Crippen LogP contribution < -0.4 is 4.90 Å². The first kappa shape index (κ1) is 29.5. The lowest BCUT2D eigenvalue weighted by atomic mass is 9.97. The Morgan fingerprint density at radius 3 is 1.62 bits per heavy atom. The lowest BCUT2D eigenvalue weighted by molar-refractivity contribution is 1.18. The van der Waals surface area contributed by atoms with Gasteiger partial charge in [-0.2, -0.15) is 0 Å². The van der Waals surface area contributed by atoms with Crippen LogP contribution in [0.15, 0.2) is 206 Å². The summed E-state index contributed by atoms with van der Waals surface area (Å²) in [7, 11) is 0. The van der Waals surface area contributed by atoms with Crippen LogP contribution >= 0.6 is 0 Å². The van der Waals surface area contributed by atoms with Crippen LogP contribution in [0.25, 0.3) is 60.9 Å². The summed E-state index contributed by atoms with van der Waals surface area (Å²) in [5.41, 5.74) is 14.0. The Hall–Kier alpha value is -6.64. The van der Waals surface area contributed by atoms with E-state index in [1.165, 1.54) is 55.2 Å². The van der Waals surface area contributed by atoms with Crippen molar-refractivity contribution in [1.29, 1.82) is 0 Å². The van der Waals surface area contributed by atoms with Crippen LogP contribution in [-0.2, 0) is 0 Å². The van der Waals surface area contributed by atoms with Crippen molar-refractivity contribution in [3.8, 4) is 39.1 Å². The van der Waals surface area contributed by atoms with E-state index in [-0.39, 0.29) is 0 Å². The van der Waals surface area contributed by atoms with Crippen molar-refractivity contribution in [3.63, 3.8) is 0 Å². The van der Waals surface area contributed by atoms with Crippen LogP contribution in [-0.4, -0.2) is 4.57 Å². The highest BCUT2D eigenvalue weighted by Crippen LogP contribution is 2.44. The fourth-order valence-electron chi connectivity index (χ4n) is 7.34. The summed E-state index contributed by atoms with van der Waals surface area (Å²) < 4.78 is 2.38. The van der Waals surface area contributed by atoms with Crippen molar-refractivity contribution >= 4 is 38.9 Å². The van der Waals surface area contributed by atoms with Crippen molar-refractivity contribution in [1.82, 2.24) is 4.57 Å². The molecular formula is C48H34N2. The molecule has 0 radical (unpaired) electrons. The van der Waals surface area contributed by atoms with E-state index in [2.05, 4.69) is 216 Å². The molecule has 0 N–H and O–H groups in total. The van der Waals surface area contributed by atoms with E-state index in [4.69, 9.17) is 0 Å². The van der Waals surface area contributed by atoms with Crippen molar-refractivity contribution in [3.05, 3.63) is 206 Å². The fraction of sp³-hybridized carbons (Fsp3) is 0. The lowest BCUT2D eigenvalue weighted by Crippen LogP contribution is -2.11. The van der Waals surface area contributed by atoms with Gasteiger partial charge in [-0.3, -0.25) is 0 Å². The SMILES string of the molecule is c1ccc(-c2cccc(N(c3cccc(-c4cccc5c4c4ccccc4n5-c4ccccc4)c3)c3ccccc3-c3ccccc3)c2)cc1. The van der Waals surface area contributed by atoms with E-state index in [1.807, 2.05) is 0 Å². The van der Waals surface area contributed by atoms with E-state index < -0.39 is 0 Å². The van der Waals surface area contributed by atoms with Gasteiger partial charge in [0.15, 0.2) is 0 Å². The van der Waals surface area contributed by atoms with Crippen LogP contribution in [0.2, 0.25) is 0 Å². The monoisotopic (exact) mass is 638 g/mol. The maximum absolute atomic E-state index is 2.41. The molecule has 2 nitrogen and oxygen atoms in total. The lowest BCUT2D eigenvalue weighted by Gasteiger charge is -2.29. The van der Waals surface area contributed by atoms with Gasteiger partial charge in [-0.25, -0.2) is 0 Å². The number of rotatable bonds is 7. The molecule has 2 heteroatoms. The van der Waals surface area contributed by atoms with Crippen LogP contribution in [0.3, 0.4) is 0 Å². The van der Waals surface area contributed by atoms with Crippen LogP contribution in [0.5, 0.6) is 0 Å². The Labute approximate surface area is 292 Å². The summed E-state index contributed by atoms with van der Waals surface area (Å²) in [5.74, 6) is 0. The van der Waals surface area contributed by atoms with Gasteiger partial charge < -0.3 is 9.47 Å². The minimum Gasteiger partial charge on any atom is -0.310 e. The molecule has 8 aromatic carbocycles. The Balaban J connectivity index is 1.26. The normalized spacial score (nSPS) is 11.2. The van der Waals surface area contributed by atoms with Crippen molar-refractivity contribution in [2.24, 2.45) is 0 Å². The molecule has 0 unspecified atom stereocenters. The molecule has 0 atom stereocenters. The standard InChI is InChI=1S/C48H34N2/c1-4-17-35(18-5-1)37-21-14-25-40(33-37)49(45-30-12-10-27-42(45)36-19-6-2-7-20-36)41-26-15-22-38(34-41)43-29-16-32-47-48(43)44-28-11-13-31-46(44)50(47)39-23-8-3-9-24-39/h1-34H. The second-order valence-electron chi connectivity index (χ2n) is 12.6. The summed E-state index contributed by atoms with van der Waals surface area (Å²) in [6, 6.07) is 74.0. The Kier molecular flexibility index (Phi) is 7.53. The maximum atomic E-state index is 2.41. The largest absolute Gasteiger partial charge is 0.310 e. The van der Waals surface area contributed by atoms with Gasteiger partial charge in [-0.15, -0.1) is 0 Å². The number of hydrogen-bond donors (Lipinski definition) is 0. The first-order valence-corrected chi connectivity index (χ1v) is 17.1. The van der Waals surface area contributed by atoms with Crippen molar-refractivity contribution in [2.45, 2.75) is 0 Å². The molecule has 236 valence electrons. The highest BCUT2D eigenvalue weighted by atomic mass is 15.1. The van der Waals surface area contributed by atoms with Crippen LogP contribution in [0.1, 0.15) is 0 Å². The van der Waals surface area contributed by atoms with E-state index in [0.29, 0.717) is 0 Å². The number of hydrogen-bond acceptors (Lipinski definition) is 1. The molecule has 0 spiro atoms. The third kappa shape index (κ3) is 5.24. The zero-order valence-corrected chi connectivity index (χ0v) is 27.5. The summed E-state index contributed by atoms with van der Waals surface area (Å²) in [5, 5.41) is 2.50. The number of aromatic nitrogens is 1. The number of fused-ring (bicyclic) bond motifs is 3. The maximum Gasteiger partial charge on any atom is 0.0547 e. The van der Waals surface area contributed by atoms with Gasteiger partial charge in [0.05, 0.1) is 16.7 Å². The highest BCUT2D eigenvalue weighted by Gasteiger charge is 2.20. The summed E-state index contributed by atoms with van der Waals surface area (Å²) >= 11 is 0. The predicted octanol–water partition coefficient (Wildman–Crippen LogP) is 13.3. The molecule has 0 saturated heterocycles. The van der Waals surface area contributed by atoms with Gasteiger partial charge in [0.1, 0.15) is 0 Å². The average molecular weight is 639 g/mol. The smallest absolute Gasteiger partial charge is 0.0547 e. The Bertz CT molecular complexity index is 2580. The molecule has 9 aromatic rings. The van der Waals surface area contributed by atoms with Crippen LogP contribution in [0, 0.1) is 0 Å². The van der Waals surface area contributed by atoms with Gasteiger partial charge in [-0.05, 0) is 82.4 Å². The summed E-state index contributed by atoms with van der Waals surface area (Å²) in [4.78, 5) is 2.41. The predicted molar refractivity (Wildman–Crippen MR) is 212 cm³/mol. The zero-order chi connectivity index (χ0) is 33.3. The first-order valence-electron chi connectivity index (χ1n) is 17.1. The number of para-hydroxylation sites is 3. The van der Waals surface area contributed by atoms with Gasteiger partial charge in [0, 0.05) is 33.4 Å². The highest BCUT2D eigenvalue weighted by molar-refractivity contribution is 6.16. The molecule has 0 fully saturated rings. The molecule has 0 aliphatic heterocycles. The van der Waals surface area contributed by atoms with E-state index >= 15 is 0 Å². The molecule has 9 rings (SSSR count). The molecule has 50 heavy (non-hydrogen) atoms. The Morgan fingerprint density at radius 1 is 0.340 bits per heavy atom. The molecule has 0 saturated carbocycles. The van der Waals surface area contributed by atoms with E-state index in [0.717, 1.165) is 22.7 Å². The second kappa shape index (κ2) is 12.8. The molecular weight excluding hydrogens is 605 g/mol. The number of anilines is 3. The quantitative estimate of drug-likeness (QED) is 0.169. The number of nitrogens with zero attached hydrogens (tertiary/aromatic N) is 2. The van der Waals surface area contributed by atoms with Gasteiger partial charge in [-0.1, -0.05) is 152 Å². The fourth-order valence-corrected chi connectivity index (χ4v) is 7.34. The summed E-state index contributed by atoms with van der Waals surface area (Å²) in [6.07, 6.45) is 0. The molecule has 0 aliphatic carbocycles. The van der Waals surface area contributed by atoms with Crippen LogP contribution in [0.4, 0.5) is 17.1 Å². The Morgan fingerprint density at radius 2 is 0.860 bits per heavy atom. The van der Waals surface area contributed by atoms with E-state index in [9.17, 15) is 0 Å². The molecule has 0 amide bonds. The third-order valence-corrected chi connectivity index (χ3v) is 9.57. The topological polar surface area (TPSA) is 8.17 Å². The summed E-state index contributed by atoms with van der Waals surface area (Å²) in [6.45, 7) is 0. The van der Waals surface area contributed by atoms with Crippen molar-refractivity contribution < 1.29 is 0 Å². The van der Waals surface area contributed by atoms with E-state index in [1.54, 1.807) is 0 Å². The molecule has 0 bridgehead atoms. The number of benzene rings is 8. The third-order valence-electron chi connectivity index (χ3n) is 9.57. The van der Waals surface area contributed by atoms with Crippen molar-refractivity contribution in [2.75, 3.05) is 4.90 Å². The molecule has 0 aliphatic rings. The zero-order valence-electron chi connectivity index (χ0n) is 27.5. The first-order chi connectivity index (χ1) is 24.8. The minimum atomic E-state index is 1.10. The van der Waals surface area contributed by atoms with Gasteiger partial charge in [0.2, 0.25) is 0 Å². The van der Waals surface area contributed by atoms with Gasteiger partial charge in [0.25, 0.3) is 0 Å². The minimum absolute atomic E-state index is 1.10. The second-order valence-corrected chi connectivity index (χ2v) is 12.6.